The second-order valence-electron chi connectivity index (χ2n) is 3.79. The number of aromatic nitrogens is 2. The van der Waals surface area contributed by atoms with Crippen molar-refractivity contribution >= 4 is 12.0 Å². The lowest BCUT2D eigenvalue weighted by Crippen LogP contribution is -2.21. The molecule has 0 aliphatic carbocycles. The van der Waals surface area contributed by atoms with Crippen molar-refractivity contribution < 1.29 is 19.4 Å². The third-order valence-electron chi connectivity index (χ3n) is 2.40. The number of rotatable bonds is 3. The summed E-state index contributed by atoms with van der Waals surface area (Å²) in [7, 11) is 0. The molecule has 0 radical (unpaired) electrons. The van der Waals surface area contributed by atoms with E-state index < -0.39 is 23.1 Å². The van der Waals surface area contributed by atoms with E-state index in [0.717, 1.165) is 29.0 Å². The number of aromatic hydroxyl groups is 1. The van der Waals surface area contributed by atoms with Crippen molar-refractivity contribution in [3.05, 3.63) is 58.3 Å². The lowest BCUT2D eigenvalue weighted by molar-refractivity contribution is -0.131. The number of hydrogen-bond donors (Lipinski definition) is 2. The van der Waals surface area contributed by atoms with Crippen LogP contribution in [-0.4, -0.2) is 26.0 Å². The van der Waals surface area contributed by atoms with Crippen LogP contribution in [0.1, 0.15) is 5.69 Å². The van der Waals surface area contributed by atoms with Crippen LogP contribution in [0.5, 0.6) is 5.75 Å². The Morgan fingerprint density at radius 3 is 2.70 bits per heavy atom. The zero-order valence-electron chi connectivity index (χ0n) is 10.0. The van der Waals surface area contributed by atoms with E-state index in [1.54, 1.807) is 0 Å². The normalized spacial score (nSPS) is 10.8. The monoisotopic (exact) mass is 276 g/mol. The molecule has 0 bridgehead atoms. The van der Waals surface area contributed by atoms with Gasteiger partial charge in [0, 0.05) is 12.1 Å². The number of nitrogens with zero attached hydrogens (tertiary/aromatic N) is 2. The summed E-state index contributed by atoms with van der Waals surface area (Å²) in [5, 5.41) is 21.8. The molecule has 1 heterocycles. The molecule has 2 aromatic rings. The van der Waals surface area contributed by atoms with Crippen LogP contribution in [0.4, 0.5) is 4.39 Å². The fraction of sp³-hybridized carbons (Fsp3) is 0. The molecule has 0 saturated heterocycles. The number of para-hydroxylation sites is 1. The second-order valence-corrected chi connectivity index (χ2v) is 3.79. The average Bonchev–Trinajstić information content (AvgIpc) is 2.39. The lowest BCUT2D eigenvalue weighted by atomic mass is 10.3. The Hall–Kier alpha value is -2.96. The van der Waals surface area contributed by atoms with Crippen molar-refractivity contribution in [3.8, 4) is 11.4 Å². The Morgan fingerprint density at radius 2 is 2.05 bits per heavy atom. The van der Waals surface area contributed by atoms with Crippen molar-refractivity contribution in [2.24, 2.45) is 0 Å². The molecular formula is C13H9FN2O4. The number of hydrogen-bond acceptors (Lipinski definition) is 4. The number of halogens is 1. The summed E-state index contributed by atoms with van der Waals surface area (Å²) in [6, 6.07) is 6.30. The van der Waals surface area contributed by atoms with Crippen LogP contribution in [-0.2, 0) is 4.79 Å². The van der Waals surface area contributed by atoms with Gasteiger partial charge < -0.3 is 10.2 Å². The van der Waals surface area contributed by atoms with E-state index in [1.807, 2.05) is 0 Å². The third-order valence-corrected chi connectivity index (χ3v) is 2.40. The Bertz CT molecular complexity index is 752. The number of carboxylic acids is 1. The molecule has 6 nitrogen and oxygen atoms in total. The van der Waals surface area contributed by atoms with Crippen LogP contribution in [0, 0.1) is 5.82 Å². The quantitative estimate of drug-likeness (QED) is 0.821. The van der Waals surface area contributed by atoms with Gasteiger partial charge in [0.15, 0.2) is 0 Å². The van der Waals surface area contributed by atoms with Crippen LogP contribution in [0.2, 0.25) is 0 Å². The van der Waals surface area contributed by atoms with Crippen molar-refractivity contribution in [2.75, 3.05) is 0 Å². The smallest absolute Gasteiger partial charge is 0.328 e. The number of benzene rings is 1. The summed E-state index contributed by atoms with van der Waals surface area (Å²) in [6.45, 7) is 0. The molecule has 0 atom stereocenters. The Labute approximate surface area is 112 Å². The van der Waals surface area contributed by atoms with Gasteiger partial charge in [-0.2, -0.15) is 9.78 Å². The first kappa shape index (κ1) is 13.5. The van der Waals surface area contributed by atoms with Gasteiger partial charge in [-0.15, -0.1) is 0 Å². The van der Waals surface area contributed by atoms with Crippen LogP contribution < -0.4 is 5.56 Å². The van der Waals surface area contributed by atoms with Crippen LogP contribution >= 0.6 is 0 Å². The molecule has 2 N–H and O–H groups in total. The second kappa shape index (κ2) is 5.35. The van der Waals surface area contributed by atoms with Gasteiger partial charge in [-0.25, -0.2) is 9.18 Å². The third kappa shape index (κ3) is 2.72. The maximum Gasteiger partial charge on any atom is 0.328 e. The molecule has 0 fully saturated rings. The standard InChI is InChI=1S/C13H9FN2O4/c14-8-3-1-2-4-10(8)16-12(18)7-11(17)9(15-16)5-6-13(19)20/h1-7,17H,(H,19,20)/b6-5+. The van der Waals surface area contributed by atoms with Gasteiger partial charge in [-0.05, 0) is 18.2 Å². The van der Waals surface area contributed by atoms with Gasteiger partial charge in [0.1, 0.15) is 22.9 Å². The molecule has 0 unspecified atom stereocenters. The first-order valence-electron chi connectivity index (χ1n) is 5.48. The maximum atomic E-state index is 13.6. The van der Waals surface area contributed by atoms with Crippen LogP contribution in [0.15, 0.2) is 41.2 Å². The van der Waals surface area contributed by atoms with E-state index in [0.29, 0.717) is 0 Å². The molecule has 1 aromatic carbocycles. The summed E-state index contributed by atoms with van der Waals surface area (Å²) < 4.78 is 14.4. The molecule has 0 saturated carbocycles. The van der Waals surface area contributed by atoms with E-state index in [2.05, 4.69) is 5.10 Å². The van der Waals surface area contributed by atoms with Crippen molar-refractivity contribution in [3.63, 3.8) is 0 Å². The van der Waals surface area contributed by atoms with Gasteiger partial charge in [0.2, 0.25) is 0 Å². The van der Waals surface area contributed by atoms with E-state index >= 15 is 0 Å². The minimum absolute atomic E-state index is 0.0949. The largest absolute Gasteiger partial charge is 0.505 e. The van der Waals surface area contributed by atoms with Gasteiger partial charge in [-0.3, -0.25) is 4.79 Å². The summed E-state index contributed by atoms with van der Waals surface area (Å²) in [6.07, 6.45) is 1.76. The highest BCUT2D eigenvalue weighted by Gasteiger charge is 2.10. The molecule has 102 valence electrons. The zero-order valence-corrected chi connectivity index (χ0v) is 10.0. The topological polar surface area (TPSA) is 92.4 Å². The van der Waals surface area contributed by atoms with Gasteiger partial charge in [0.05, 0.1) is 0 Å². The zero-order chi connectivity index (χ0) is 14.7. The highest BCUT2D eigenvalue weighted by molar-refractivity contribution is 5.85. The van der Waals surface area contributed by atoms with E-state index in [9.17, 15) is 19.1 Å². The number of carboxylic acid groups (broad SMARTS) is 1. The Balaban J connectivity index is 2.61. The first-order valence-corrected chi connectivity index (χ1v) is 5.48. The minimum atomic E-state index is -1.24. The molecule has 1 aromatic heterocycles. The van der Waals surface area contributed by atoms with Crippen molar-refractivity contribution in [1.29, 1.82) is 0 Å². The predicted molar refractivity (Wildman–Crippen MR) is 68.1 cm³/mol. The van der Waals surface area contributed by atoms with Crippen molar-refractivity contribution in [2.45, 2.75) is 0 Å². The SMILES string of the molecule is O=C(O)/C=C/c1nn(-c2ccccc2F)c(=O)cc1O. The highest BCUT2D eigenvalue weighted by Crippen LogP contribution is 2.15. The molecular weight excluding hydrogens is 267 g/mol. The number of aliphatic carboxylic acids is 1. The minimum Gasteiger partial charge on any atom is -0.505 e. The van der Waals surface area contributed by atoms with E-state index in [1.165, 1.54) is 18.2 Å². The first-order chi connectivity index (χ1) is 9.49. The molecule has 0 spiro atoms. The van der Waals surface area contributed by atoms with Crippen molar-refractivity contribution in [1.82, 2.24) is 9.78 Å². The van der Waals surface area contributed by atoms with E-state index in [-0.39, 0.29) is 11.4 Å². The van der Waals surface area contributed by atoms with Gasteiger partial charge in [-0.1, -0.05) is 12.1 Å². The lowest BCUT2D eigenvalue weighted by Gasteiger charge is -2.07. The Morgan fingerprint density at radius 1 is 1.35 bits per heavy atom. The molecule has 2 rings (SSSR count). The molecule has 0 aliphatic heterocycles. The summed E-state index contributed by atoms with van der Waals surface area (Å²) in [5.41, 5.74) is -0.988. The van der Waals surface area contributed by atoms with Gasteiger partial charge >= 0.3 is 5.97 Å². The molecule has 0 amide bonds. The summed E-state index contributed by atoms with van der Waals surface area (Å²) >= 11 is 0. The fourth-order valence-electron chi connectivity index (χ4n) is 1.53. The molecule has 7 heteroatoms. The van der Waals surface area contributed by atoms with Crippen LogP contribution in [0.25, 0.3) is 11.8 Å². The highest BCUT2D eigenvalue weighted by atomic mass is 19.1. The fourth-order valence-corrected chi connectivity index (χ4v) is 1.53. The Kier molecular flexibility index (Phi) is 3.60. The average molecular weight is 276 g/mol. The van der Waals surface area contributed by atoms with Gasteiger partial charge in [0.25, 0.3) is 5.56 Å². The molecule has 20 heavy (non-hydrogen) atoms. The van der Waals surface area contributed by atoms with Crippen LogP contribution in [0.3, 0.4) is 0 Å². The molecule has 0 aliphatic rings. The number of carbonyl (C=O) groups is 1. The summed E-state index contributed by atoms with van der Waals surface area (Å²) in [5.74, 6) is -2.39. The summed E-state index contributed by atoms with van der Waals surface area (Å²) in [4.78, 5) is 22.2. The maximum absolute atomic E-state index is 13.6. The predicted octanol–water partition coefficient (Wildman–Crippen LogP) is 1.17. The van der Waals surface area contributed by atoms with E-state index in [4.69, 9.17) is 5.11 Å².